The standard InChI is InChI=1S/C22H26N4OS2/c1-14(2)19-18(16-7-5-4-6-8-16)24-21(29-19)25-20(27)17-9-11-26(12-10-17)22-23-15(3)13-28-22/h4-8,13-14,17H,9-12H2,1-3H3,(H,24,25,27). The Labute approximate surface area is 179 Å². The van der Waals surface area contributed by atoms with E-state index in [0.29, 0.717) is 11.0 Å². The first-order chi connectivity index (χ1) is 14.0. The molecule has 0 radical (unpaired) electrons. The summed E-state index contributed by atoms with van der Waals surface area (Å²) in [7, 11) is 0. The Hall–Kier alpha value is -2.25. The first kappa shape index (κ1) is 20.0. The van der Waals surface area contributed by atoms with Crippen molar-refractivity contribution in [2.75, 3.05) is 23.3 Å². The SMILES string of the molecule is Cc1csc(N2CCC(C(=O)Nc3nc(-c4ccccc4)c(C(C)C)s3)CC2)n1. The van der Waals surface area contributed by atoms with Crippen molar-refractivity contribution in [3.63, 3.8) is 0 Å². The van der Waals surface area contributed by atoms with Crippen LogP contribution in [-0.2, 0) is 4.79 Å². The lowest BCUT2D eigenvalue weighted by atomic mass is 9.96. The minimum absolute atomic E-state index is 0.0267. The maximum atomic E-state index is 12.9. The predicted octanol–water partition coefficient (Wildman–Crippen LogP) is 5.55. The van der Waals surface area contributed by atoms with Gasteiger partial charge >= 0.3 is 0 Å². The van der Waals surface area contributed by atoms with Gasteiger partial charge in [-0.1, -0.05) is 44.2 Å². The molecular weight excluding hydrogens is 400 g/mol. The number of carbonyl (C=O) groups excluding carboxylic acids is 1. The molecule has 0 saturated carbocycles. The van der Waals surface area contributed by atoms with Crippen LogP contribution in [-0.4, -0.2) is 29.0 Å². The lowest BCUT2D eigenvalue weighted by Gasteiger charge is -2.30. The lowest BCUT2D eigenvalue weighted by molar-refractivity contribution is -0.120. The average molecular weight is 427 g/mol. The molecular formula is C22H26N4OS2. The minimum atomic E-state index is 0.0267. The molecule has 4 rings (SSSR count). The highest BCUT2D eigenvalue weighted by Gasteiger charge is 2.27. The molecule has 1 fully saturated rings. The average Bonchev–Trinajstić information content (AvgIpc) is 3.35. The van der Waals surface area contributed by atoms with Crippen LogP contribution in [0.15, 0.2) is 35.7 Å². The molecule has 2 aromatic heterocycles. The summed E-state index contributed by atoms with van der Waals surface area (Å²) in [5.41, 5.74) is 3.14. The monoisotopic (exact) mass is 426 g/mol. The third-order valence-electron chi connectivity index (χ3n) is 5.20. The van der Waals surface area contributed by atoms with E-state index in [-0.39, 0.29) is 11.8 Å². The summed E-state index contributed by atoms with van der Waals surface area (Å²) >= 11 is 3.27. The summed E-state index contributed by atoms with van der Waals surface area (Å²) in [5, 5.41) is 6.94. The van der Waals surface area contributed by atoms with Crippen LogP contribution in [0.25, 0.3) is 11.3 Å². The third kappa shape index (κ3) is 4.51. The Balaban J connectivity index is 1.42. The molecule has 29 heavy (non-hydrogen) atoms. The molecule has 152 valence electrons. The van der Waals surface area contributed by atoms with Crippen LogP contribution in [0.1, 0.15) is 43.2 Å². The number of anilines is 2. The van der Waals surface area contributed by atoms with Crippen molar-refractivity contribution in [2.45, 2.75) is 39.5 Å². The van der Waals surface area contributed by atoms with Crippen molar-refractivity contribution in [3.8, 4) is 11.3 Å². The van der Waals surface area contributed by atoms with Crippen molar-refractivity contribution >= 4 is 38.8 Å². The quantitative estimate of drug-likeness (QED) is 0.581. The van der Waals surface area contributed by atoms with E-state index < -0.39 is 0 Å². The zero-order valence-corrected chi connectivity index (χ0v) is 18.6. The van der Waals surface area contributed by atoms with Gasteiger partial charge in [0.2, 0.25) is 5.91 Å². The van der Waals surface area contributed by atoms with Crippen molar-refractivity contribution in [2.24, 2.45) is 5.92 Å². The molecule has 0 aliphatic carbocycles. The number of nitrogens with one attached hydrogen (secondary N) is 1. The van der Waals surface area contributed by atoms with Gasteiger partial charge in [0.25, 0.3) is 0 Å². The van der Waals surface area contributed by atoms with Crippen LogP contribution in [0.2, 0.25) is 0 Å². The van der Waals surface area contributed by atoms with Crippen molar-refractivity contribution in [1.82, 2.24) is 9.97 Å². The van der Waals surface area contributed by atoms with E-state index in [4.69, 9.17) is 4.98 Å². The highest BCUT2D eigenvalue weighted by atomic mass is 32.1. The number of hydrogen-bond donors (Lipinski definition) is 1. The zero-order valence-electron chi connectivity index (χ0n) is 17.0. The van der Waals surface area contributed by atoms with Crippen molar-refractivity contribution in [3.05, 3.63) is 46.3 Å². The van der Waals surface area contributed by atoms with Gasteiger partial charge in [-0.05, 0) is 25.7 Å². The second kappa shape index (κ2) is 8.63. The van der Waals surface area contributed by atoms with Gasteiger partial charge in [0.05, 0.1) is 11.4 Å². The van der Waals surface area contributed by atoms with E-state index in [0.717, 1.165) is 48.0 Å². The number of amides is 1. The number of thiazole rings is 2. The van der Waals surface area contributed by atoms with E-state index in [1.807, 2.05) is 25.1 Å². The summed E-state index contributed by atoms with van der Waals surface area (Å²) in [6.07, 6.45) is 1.69. The largest absolute Gasteiger partial charge is 0.348 e. The molecule has 1 saturated heterocycles. The highest BCUT2D eigenvalue weighted by Crippen LogP contribution is 2.36. The Morgan fingerprint density at radius 2 is 1.90 bits per heavy atom. The molecule has 0 atom stereocenters. The second-order valence-corrected chi connectivity index (χ2v) is 9.64. The molecule has 0 spiro atoms. The molecule has 1 aliphatic heterocycles. The molecule has 5 nitrogen and oxygen atoms in total. The molecule has 3 aromatic rings. The number of aryl methyl sites for hydroxylation is 1. The Morgan fingerprint density at radius 1 is 1.17 bits per heavy atom. The topological polar surface area (TPSA) is 58.1 Å². The van der Waals surface area contributed by atoms with E-state index in [1.54, 1.807) is 22.7 Å². The number of nitrogens with zero attached hydrogens (tertiary/aromatic N) is 3. The van der Waals surface area contributed by atoms with Gasteiger partial charge in [-0.15, -0.1) is 22.7 Å². The van der Waals surface area contributed by atoms with Crippen LogP contribution in [0.4, 0.5) is 10.3 Å². The van der Waals surface area contributed by atoms with E-state index in [2.05, 4.69) is 46.6 Å². The fraction of sp³-hybridized carbons (Fsp3) is 0.409. The van der Waals surface area contributed by atoms with Crippen molar-refractivity contribution < 1.29 is 4.79 Å². The molecule has 3 heterocycles. The Bertz CT molecular complexity index is 972. The van der Waals surface area contributed by atoms with Crippen LogP contribution in [0.5, 0.6) is 0 Å². The molecule has 0 bridgehead atoms. The molecule has 0 unspecified atom stereocenters. The second-order valence-electron chi connectivity index (χ2n) is 7.77. The van der Waals surface area contributed by atoms with Gasteiger partial charge in [-0.25, -0.2) is 9.97 Å². The first-order valence-electron chi connectivity index (χ1n) is 10.1. The molecule has 1 aromatic carbocycles. The molecule has 1 amide bonds. The van der Waals surface area contributed by atoms with Gasteiger partial charge in [0, 0.05) is 34.8 Å². The maximum Gasteiger partial charge on any atom is 0.229 e. The number of rotatable bonds is 5. The Morgan fingerprint density at radius 3 is 2.52 bits per heavy atom. The summed E-state index contributed by atoms with van der Waals surface area (Å²) in [5.74, 6) is 0.473. The summed E-state index contributed by atoms with van der Waals surface area (Å²) in [4.78, 5) is 25.7. The molecule has 1 N–H and O–H groups in total. The lowest BCUT2D eigenvalue weighted by Crippen LogP contribution is -2.38. The number of hydrogen-bond acceptors (Lipinski definition) is 6. The summed E-state index contributed by atoms with van der Waals surface area (Å²) in [6.45, 7) is 8.09. The summed E-state index contributed by atoms with van der Waals surface area (Å²) in [6, 6.07) is 10.2. The van der Waals surface area contributed by atoms with Crippen LogP contribution < -0.4 is 10.2 Å². The Kier molecular flexibility index (Phi) is 5.96. The fourth-order valence-electron chi connectivity index (χ4n) is 3.61. The van der Waals surface area contributed by atoms with Gasteiger partial charge < -0.3 is 10.2 Å². The van der Waals surface area contributed by atoms with Crippen LogP contribution >= 0.6 is 22.7 Å². The highest BCUT2D eigenvalue weighted by molar-refractivity contribution is 7.16. The van der Waals surface area contributed by atoms with E-state index in [1.165, 1.54) is 4.88 Å². The fourth-order valence-corrected chi connectivity index (χ4v) is 5.46. The third-order valence-corrected chi connectivity index (χ3v) is 7.49. The summed E-state index contributed by atoms with van der Waals surface area (Å²) < 4.78 is 0. The smallest absolute Gasteiger partial charge is 0.229 e. The van der Waals surface area contributed by atoms with Gasteiger partial charge in [0.1, 0.15) is 0 Å². The minimum Gasteiger partial charge on any atom is -0.348 e. The van der Waals surface area contributed by atoms with E-state index in [9.17, 15) is 4.79 Å². The number of piperidine rings is 1. The maximum absolute atomic E-state index is 12.9. The number of carbonyl (C=O) groups is 1. The zero-order chi connectivity index (χ0) is 20.4. The van der Waals surface area contributed by atoms with Gasteiger partial charge in [-0.3, -0.25) is 4.79 Å². The van der Waals surface area contributed by atoms with Crippen molar-refractivity contribution in [1.29, 1.82) is 0 Å². The normalized spacial score (nSPS) is 15.1. The number of benzene rings is 1. The van der Waals surface area contributed by atoms with Crippen LogP contribution in [0.3, 0.4) is 0 Å². The first-order valence-corrected chi connectivity index (χ1v) is 11.7. The molecule has 1 aliphatic rings. The number of aromatic nitrogens is 2. The van der Waals surface area contributed by atoms with E-state index >= 15 is 0 Å². The molecule has 7 heteroatoms. The van der Waals surface area contributed by atoms with Crippen LogP contribution in [0, 0.1) is 12.8 Å². The van der Waals surface area contributed by atoms with Gasteiger partial charge in [-0.2, -0.15) is 0 Å². The predicted molar refractivity (Wildman–Crippen MR) is 122 cm³/mol. The van der Waals surface area contributed by atoms with Gasteiger partial charge in [0.15, 0.2) is 10.3 Å².